The second-order valence-electron chi connectivity index (χ2n) is 5.70. The molecule has 0 aromatic carbocycles. The molecule has 0 spiro atoms. The monoisotopic (exact) mass is 315 g/mol. The van der Waals surface area contributed by atoms with Crippen molar-refractivity contribution < 1.29 is 13.5 Å². The molecular formula is C14H25N3O3S. The van der Waals surface area contributed by atoms with Gasteiger partial charge < -0.3 is 9.67 Å². The highest BCUT2D eigenvalue weighted by molar-refractivity contribution is 7.89. The molecule has 120 valence electrons. The van der Waals surface area contributed by atoms with Gasteiger partial charge in [0.25, 0.3) is 10.0 Å². The number of rotatable bonds is 6. The van der Waals surface area contributed by atoms with E-state index in [1.54, 1.807) is 6.20 Å². The Bertz CT molecular complexity index is 566. The van der Waals surface area contributed by atoms with Crippen LogP contribution in [-0.4, -0.2) is 47.1 Å². The molecule has 1 atom stereocenters. The van der Waals surface area contributed by atoms with Gasteiger partial charge in [0.2, 0.25) is 0 Å². The van der Waals surface area contributed by atoms with Gasteiger partial charge in [0.05, 0.1) is 0 Å². The highest BCUT2D eigenvalue weighted by Crippen LogP contribution is 2.25. The van der Waals surface area contributed by atoms with E-state index in [2.05, 4.69) is 11.9 Å². The van der Waals surface area contributed by atoms with Crippen LogP contribution in [0.2, 0.25) is 0 Å². The van der Waals surface area contributed by atoms with Crippen molar-refractivity contribution in [1.82, 2.24) is 13.9 Å². The number of hydrogen-bond donors (Lipinski definition) is 1. The molecule has 0 bridgehead atoms. The third-order valence-electron chi connectivity index (χ3n) is 4.04. The first-order valence-corrected chi connectivity index (χ1v) is 9.07. The van der Waals surface area contributed by atoms with Gasteiger partial charge in [0, 0.05) is 32.4 Å². The van der Waals surface area contributed by atoms with Crippen LogP contribution in [0.1, 0.15) is 38.4 Å². The number of aliphatic hydroxyl groups excluding tert-OH is 1. The number of aryl methyl sites for hydroxylation is 2. The van der Waals surface area contributed by atoms with E-state index in [0.717, 1.165) is 31.6 Å². The van der Waals surface area contributed by atoms with Crippen LogP contribution in [0.4, 0.5) is 0 Å². The third kappa shape index (κ3) is 3.64. The molecule has 1 aromatic heterocycles. The number of nitrogens with zero attached hydrogens (tertiary/aromatic N) is 3. The number of hydrogen-bond acceptors (Lipinski definition) is 4. The molecule has 2 rings (SSSR count). The van der Waals surface area contributed by atoms with Crippen LogP contribution in [0.5, 0.6) is 0 Å². The molecule has 1 aliphatic rings. The SMILES string of the molecule is CCCn1cc(S(=O)(=O)N2CCCC(CCO)C2)nc1C. The van der Waals surface area contributed by atoms with Gasteiger partial charge in [-0.3, -0.25) is 0 Å². The fourth-order valence-corrected chi connectivity index (χ4v) is 4.42. The van der Waals surface area contributed by atoms with Crippen LogP contribution in [0.15, 0.2) is 11.2 Å². The summed E-state index contributed by atoms with van der Waals surface area (Å²) in [5, 5.41) is 9.19. The molecule has 6 nitrogen and oxygen atoms in total. The summed E-state index contributed by atoms with van der Waals surface area (Å²) in [5.41, 5.74) is 0. The number of aliphatic hydroxyl groups is 1. The highest BCUT2D eigenvalue weighted by Gasteiger charge is 2.31. The van der Waals surface area contributed by atoms with Crippen molar-refractivity contribution in [2.24, 2.45) is 5.92 Å². The normalized spacial score (nSPS) is 20.8. The highest BCUT2D eigenvalue weighted by atomic mass is 32.2. The number of piperidine rings is 1. The van der Waals surface area contributed by atoms with Gasteiger partial charge in [-0.05, 0) is 38.5 Å². The molecule has 21 heavy (non-hydrogen) atoms. The second-order valence-corrected chi connectivity index (χ2v) is 7.59. The van der Waals surface area contributed by atoms with Crippen LogP contribution < -0.4 is 0 Å². The summed E-state index contributed by atoms with van der Waals surface area (Å²) >= 11 is 0. The maximum absolute atomic E-state index is 12.7. The van der Waals surface area contributed by atoms with Crippen molar-refractivity contribution >= 4 is 10.0 Å². The van der Waals surface area contributed by atoms with E-state index in [9.17, 15) is 8.42 Å². The standard InChI is InChI=1S/C14H25N3O3S/c1-3-7-16-11-14(15-12(16)2)21(19,20)17-8-4-5-13(10-17)6-9-18/h11,13,18H,3-10H2,1-2H3. The van der Waals surface area contributed by atoms with Gasteiger partial charge in [-0.2, -0.15) is 4.31 Å². The van der Waals surface area contributed by atoms with E-state index in [-0.39, 0.29) is 17.6 Å². The molecule has 2 heterocycles. The van der Waals surface area contributed by atoms with Gasteiger partial charge in [-0.25, -0.2) is 13.4 Å². The van der Waals surface area contributed by atoms with E-state index < -0.39 is 10.0 Å². The lowest BCUT2D eigenvalue weighted by Crippen LogP contribution is -2.40. The minimum atomic E-state index is -3.51. The second kappa shape index (κ2) is 6.89. The summed E-state index contributed by atoms with van der Waals surface area (Å²) in [6, 6.07) is 0. The lowest BCUT2D eigenvalue weighted by Gasteiger charge is -2.31. The Kier molecular flexibility index (Phi) is 5.40. The molecule has 1 fully saturated rings. The van der Waals surface area contributed by atoms with Crippen molar-refractivity contribution in [1.29, 1.82) is 0 Å². The molecule has 1 unspecified atom stereocenters. The fourth-order valence-electron chi connectivity index (χ4n) is 2.87. The predicted octanol–water partition coefficient (Wildman–Crippen LogP) is 1.38. The number of imidazole rings is 1. The first kappa shape index (κ1) is 16.5. The van der Waals surface area contributed by atoms with Crippen molar-refractivity contribution in [3.63, 3.8) is 0 Å². The molecule has 1 N–H and O–H groups in total. The van der Waals surface area contributed by atoms with E-state index in [1.807, 2.05) is 11.5 Å². The lowest BCUT2D eigenvalue weighted by molar-refractivity contribution is 0.202. The maximum Gasteiger partial charge on any atom is 0.262 e. The average Bonchev–Trinajstić information content (AvgIpc) is 2.82. The third-order valence-corrected chi connectivity index (χ3v) is 5.78. The van der Waals surface area contributed by atoms with Gasteiger partial charge in [0.15, 0.2) is 5.03 Å². The van der Waals surface area contributed by atoms with Crippen LogP contribution in [0.3, 0.4) is 0 Å². The molecule has 0 radical (unpaired) electrons. The number of sulfonamides is 1. The Balaban J connectivity index is 2.19. The molecular weight excluding hydrogens is 290 g/mol. The first-order chi connectivity index (χ1) is 9.98. The Morgan fingerprint density at radius 2 is 2.24 bits per heavy atom. The maximum atomic E-state index is 12.7. The molecule has 7 heteroatoms. The fraction of sp³-hybridized carbons (Fsp3) is 0.786. The van der Waals surface area contributed by atoms with Crippen LogP contribution in [-0.2, 0) is 16.6 Å². The average molecular weight is 315 g/mol. The van der Waals surface area contributed by atoms with Gasteiger partial charge >= 0.3 is 0 Å². The Hall–Kier alpha value is -0.920. The van der Waals surface area contributed by atoms with Crippen LogP contribution in [0, 0.1) is 12.8 Å². The van der Waals surface area contributed by atoms with Crippen LogP contribution >= 0.6 is 0 Å². The summed E-state index contributed by atoms with van der Waals surface area (Å²) in [4.78, 5) is 4.23. The zero-order chi connectivity index (χ0) is 15.5. The quantitative estimate of drug-likeness (QED) is 0.860. The summed E-state index contributed by atoms with van der Waals surface area (Å²) in [6.07, 6.45) is 5.08. The largest absolute Gasteiger partial charge is 0.396 e. The van der Waals surface area contributed by atoms with Crippen molar-refractivity contribution in [2.75, 3.05) is 19.7 Å². The smallest absolute Gasteiger partial charge is 0.262 e. The minimum absolute atomic E-state index is 0.114. The Morgan fingerprint density at radius 3 is 2.90 bits per heavy atom. The topological polar surface area (TPSA) is 75.4 Å². The summed E-state index contributed by atoms with van der Waals surface area (Å²) < 4.78 is 28.8. The minimum Gasteiger partial charge on any atom is -0.396 e. The Labute approximate surface area is 126 Å². The summed E-state index contributed by atoms with van der Waals surface area (Å²) in [6.45, 7) is 5.81. The summed E-state index contributed by atoms with van der Waals surface area (Å²) in [5.74, 6) is 0.983. The zero-order valence-corrected chi connectivity index (χ0v) is 13.6. The Morgan fingerprint density at radius 1 is 1.48 bits per heavy atom. The van der Waals surface area contributed by atoms with Crippen molar-refractivity contribution in [3.05, 3.63) is 12.0 Å². The summed E-state index contributed by atoms with van der Waals surface area (Å²) in [7, 11) is -3.51. The van der Waals surface area contributed by atoms with Gasteiger partial charge in [0.1, 0.15) is 5.82 Å². The molecule has 0 amide bonds. The van der Waals surface area contributed by atoms with Crippen LogP contribution in [0.25, 0.3) is 0 Å². The van der Waals surface area contributed by atoms with Gasteiger partial charge in [-0.15, -0.1) is 0 Å². The van der Waals surface area contributed by atoms with E-state index in [4.69, 9.17) is 5.11 Å². The van der Waals surface area contributed by atoms with Gasteiger partial charge in [-0.1, -0.05) is 6.92 Å². The van der Waals surface area contributed by atoms with E-state index >= 15 is 0 Å². The molecule has 1 aliphatic heterocycles. The van der Waals surface area contributed by atoms with Crippen molar-refractivity contribution in [3.8, 4) is 0 Å². The number of aromatic nitrogens is 2. The van der Waals surface area contributed by atoms with E-state index in [0.29, 0.717) is 19.5 Å². The molecule has 1 saturated heterocycles. The van der Waals surface area contributed by atoms with Crippen molar-refractivity contribution in [2.45, 2.75) is 51.1 Å². The molecule has 1 aromatic rings. The zero-order valence-electron chi connectivity index (χ0n) is 12.8. The molecule has 0 aliphatic carbocycles. The molecule has 0 saturated carbocycles. The first-order valence-electron chi connectivity index (χ1n) is 7.63. The van der Waals surface area contributed by atoms with E-state index in [1.165, 1.54) is 4.31 Å². The predicted molar refractivity (Wildman–Crippen MR) is 80.4 cm³/mol. The lowest BCUT2D eigenvalue weighted by atomic mass is 9.97.